The Morgan fingerprint density at radius 3 is 2.61 bits per heavy atom. The molecule has 2 aromatic rings. The van der Waals surface area contributed by atoms with Crippen LogP contribution >= 0.6 is 0 Å². The second-order valence-corrected chi connectivity index (χ2v) is 5.88. The second kappa shape index (κ2) is 10.6. The van der Waals surface area contributed by atoms with Crippen LogP contribution in [0.4, 0.5) is 13.2 Å². The molecular weight excluding hydrogens is 373 g/mol. The van der Waals surface area contributed by atoms with Gasteiger partial charge in [-0.3, -0.25) is 0 Å². The third kappa shape index (κ3) is 5.64. The summed E-state index contributed by atoms with van der Waals surface area (Å²) >= 11 is 0. The molecule has 0 fully saturated rings. The van der Waals surface area contributed by atoms with Crippen LogP contribution in [-0.4, -0.2) is 24.3 Å². The third-order valence-electron chi connectivity index (χ3n) is 4.07. The minimum Gasteiger partial charge on any atom is -0.434 e. The van der Waals surface area contributed by atoms with Crippen LogP contribution < -0.4 is 15.4 Å². The lowest BCUT2D eigenvalue weighted by atomic mass is 10.1. The number of hydrogen-bond acceptors (Lipinski definition) is 4. The van der Waals surface area contributed by atoms with E-state index in [1.165, 1.54) is 18.2 Å². The smallest absolute Gasteiger partial charge is 0.387 e. The molecule has 0 saturated carbocycles. The van der Waals surface area contributed by atoms with Crippen molar-refractivity contribution in [2.45, 2.75) is 53.3 Å². The largest absolute Gasteiger partial charge is 0.434 e. The first-order valence-corrected chi connectivity index (χ1v) is 9.20. The van der Waals surface area contributed by atoms with Gasteiger partial charge in [0, 0.05) is 30.6 Å². The first-order chi connectivity index (χ1) is 13.5. The van der Waals surface area contributed by atoms with Gasteiger partial charge in [-0.2, -0.15) is 8.78 Å². The quantitative estimate of drug-likeness (QED) is 0.497. The molecule has 0 aliphatic heterocycles. The number of benzene rings is 1. The normalized spacial score (nSPS) is 11.8. The highest BCUT2D eigenvalue weighted by Gasteiger charge is 2.15. The van der Waals surface area contributed by atoms with Crippen molar-refractivity contribution in [1.82, 2.24) is 15.8 Å². The maximum atomic E-state index is 14.1. The molecule has 0 bridgehead atoms. The molecule has 0 aliphatic rings. The molecule has 0 radical (unpaired) electrons. The zero-order chi connectivity index (χ0) is 20.5. The average molecular weight is 398 g/mol. The number of halogens is 3. The molecule has 9 heteroatoms. The van der Waals surface area contributed by atoms with Gasteiger partial charge in [-0.25, -0.2) is 9.38 Å². The summed E-state index contributed by atoms with van der Waals surface area (Å²) in [5, 5.41) is 10.0. The number of hydrogen-bond donors (Lipinski definition) is 2. The molecule has 0 unspecified atom stereocenters. The Balaban J connectivity index is 2.16. The van der Waals surface area contributed by atoms with Gasteiger partial charge in [0.2, 0.25) is 0 Å². The van der Waals surface area contributed by atoms with Gasteiger partial charge in [0.15, 0.2) is 5.96 Å². The van der Waals surface area contributed by atoms with Gasteiger partial charge < -0.3 is 19.9 Å². The fourth-order valence-corrected chi connectivity index (χ4v) is 2.71. The first kappa shape index (κ1) is 21.6. The highest BCUT2D eigenvalue weighted by molar-refractivity contribution is 5.79. The average Bonchev–Trinajstić information content (AvgIpc) is 3.07. The van der Waals surface area contributed by atoms with Crippen molar-refractivity contribution in [3.05, 3.63) is 46.6 Å². The van der Waals surface area contributed by atoms with Crippen LogP contribution in [0.25, 0.3) is 0 Å². The van der Waals surface area contributed by atoms with Gasteiger partial charge in [-0.15, -0.1) is 0 Å². The van der Waals surface area contributed by atoms with E-state index in [1.54, 1.807) is 0 Å². The molecule has 154 valence electrons. The molecule has 0 spiro atoms. The molecule has 0 atom stereocenters. The van der Waals surface area contributed by atoms with E-state index in [-0.39, 0.29) is 17.9 Å². The number of rotatable bonds is 9. The summed E-state index contributed by atoms with van der Waals surface area (Å²) in [6, 6.07) is 3.81. The van der Waals surface area contributed by atoms with Crippen molar-refractivity contribution in [3.8, 4) is 5.75 Å². The van der Waals surface area contributed by atoms with Gasteiger partial charge in [-0.1, -0.05) is 25.1 Å². The summed E-state index contributed by atoms with van der Waals surface area (Å²) in [6.07, 6.45) is 1.42. The van der Waals surface area contributed by atoms with E-state index in [0.717, 1.165) is 23.4 Å². The van der Waals surface area contributed by atoms with E-state index < -0.39 is 12.4 Å². The zero-order valence-corrected chi connectivity index (χ0v) is 16.2. The maximum Gasteiger partial charge on any atom is 0.387 e. The Morgan fingerprint density at radius 2 is 1.96 bits per heavy atom. The molecule has 28 heavy (non-hydrogen) atoms. The van der Waals surface area contributed by atoms with Crippen LogP contribution in [0, 0.1) is 5.82 Å². The summed E-state index contributed by atoms with van der Waals surface area (Å²) in [7, 11) is 0. The van der Waals surface area contributed by atoms with Gasteiger partial charge in [-0.05, 0) is 25.5 Å². The predicted molar refractivity (Wildman–Crippen MR) is 99.9 cm³/mol. The lowest BCUT2D eigenvalue weighted by Gasteiger charge is -2.15. The van der Waals surface area contributed by atoms with Gasteiger partial charge in [0.05, 0.1) is 12.2 Å². The molecule has 1 heterocycles. The van der Waals surface area contributed by atoms with E-state index in [0.29, 0.717) is 25.5 Å². The monoisotopic (exact) mass is 398 g/mol. The number of alkyl halides is 2. The second-order valence-electron chi connectivity index (χ2n) is 5.88. The Kier molecular flexibility index (Phi) is 8.16. The molecule has 2 rings (SSSR count). The third-order valence-corrected chi connectivity index (χ3v) is 4.07. The highest BCUT2D eigenvalue weighted by Crippen LogP contribution is 2.23. The number of aryl methyl sites for hydroxylation is 2. The fourth-order valence-electron chi connectivity index (χ4n) is 2.71. The topological polar surface area (TPSA) is 71.7 Å². The van der Waals surface area contributed by atoms with Crippen molar-refractivity contribution in [2.75, 3.05) is 6.54 Å². The summed E-state index contributed by atoms with van der Waals surface area (Å²) in [5.74, 6) is 0.346. The van der Waals surface area contributed by atoms with Gasteiger partial charge in [0.25, 0.3) is 0 Å². The van der Waals surface area contributed by atoms with E-state index in [9.17, 15) is 13.2 Å². The summed E-state index contributed by atoms with van der Waals surface area (Å²) in [5.41, 5.74) is 1.77. The molecule has 0 aliphatic carbocycles. The van der Waals surface area contributed by atoms with Gasteiger partial charge in [0.1, 0.15) is 17.3 Å². The number of ether oxygens (including phenoxy) is 1. The lowest BCUT2D eigenvalue weighted by molar-refractivity contribution is -0.0506. The highest BCUT2D eigenvalue weighted by atomic mass is 19.3. The van der Waals surface area contributed by atoms with Crippen molar-refractivity contribution in [3.63, 3.8) is 0 Å². The zero-order valence-electron chi connectivity index (χ0n) is 16.2. The molecule has 2 N–H and O–H groups in total. The minimum atomic E-state index is -3.03. The Labute approximate surface area is 162 Å². The van der Waals surface area contributed by atoms with Crippen molar-refractivity contribution < 1.29 is 22.4 Å². The van der Waals surface area contributed by atoms with E-state index in [2.05, 4.69) is 25.5 Å². The molecule has 0 saturated heterocycles. The first-order valence-electron chi connectivity index (χ1n) is 9.20. The molecule has 0 amide bonds. The van der Waals surface area contributed by atoms with Crippen LogP contribution in [0.15, 0.2) is 27.7 Å². The van der Waals surface area contributed by atoms with Crippen LogP contribution in [0.3, 0.4) is 0 Å². The summed E-state index contributed by atoms with van der Waals surface area (Å²) in [6.45, 7) is 3.66. The Morgan fingerprint density at radius 1 is 1.18 bits per heavy atom. The van der Waals surface area contributed by atoms with Crippen molar-refractivity contribution >= 4 is 5.96 Å². The van der Waals surface area contributed by atoms with Crippen LogP contribution in [0.5, 0.6) is 5.75 Å². The van der Waals surface area contributed by atoms with Crippen molar-refractivity contribution in [2.24, 2.45) is 4.99 Å². The van der Waals surface area contributed by atoms with Gasteiger partial charge >= 0.3 is 6.61 Å². The van der Waals surface area contributed by atoms with Crippen LogP contribution in [-0.2, 0) is 25.9 Å². The van der Waals surface area contributed by atoms with E-state index in [4.69, 9.17) is 4.52 Å². The Bertz CT molecular complexity index is 772. The SMILES string of the molecule is CCNC(=NCc1c(CC)noc1CC)NCc1c(F)cccc1OC(F)F. The number of aromatic nitrogens is 1. The molecule has 6 nitrogen and oxygen atoms in total. The van der Waals surface area contributed by atoms with Crippen LogP contribution in [0.1, 0.15) is 43.4 Å². The maximum absolute atomic E-state index is 14.1. The standard InChI is InChI=1S/C19H25F3N4O2/c1-4-15-13(16(5-2)28-26-15)11-25-19(23-6-3)24-10-12-14(20)8-7-9-17(12)27-18(21)22/h7-9,18H,4-6,10-11H2,1-3H3,(H2,23,24,25). The number of nitrogens with zero attached hydrogens (tertiary/aromatic N) is 2. The lowest BCUT2D eigenvalue weighted by Crippen LogP contribution is -2.37. The summed E-state index contributed by atoms with van der Waals surface area (Å²) in [4.78, 5) is 4.49. The molecule has 1 aromatic carbocycles. The predicted octanol–water partition coefficient (Wildman–Crippen LogP) is 3.80. The molecular formula is C19H25F3N4O2. The fraction of sp³-hybridized carbons (Fsp3) is 0.474. The Hall–Kier alpha value is -2.71. The van der Waals surface area contributed by atoms with E-state index >= 15 is 0 Å². The molecule has 1 aromatic heterocycles. The van der Waals surface area contributed by atoms with Crippen LogP contribution in [0.2, 0.25) is 0 Å². The minimum absolute atomic E-state index is 0.00174. The number of nitrogens with one attached hydrogen (secondary N) is 2. The summed E-state index contributed by atoms with van der Waals surface area (Å²) < 4.78 is 48.9. The number of guanidine groups is 1. The van der Waals surface area contributed by atoms with Crippen molar-refractivity contribution in [1.29, 1.82) is 0 Å². The number of aliphatic imine (C=N–C) groups is 1. The van der Waals surface area contributed by atoms with E-state index in [1.807, 2.05) is 20.8 Å².